The number of carbonyl (C=O) groups is 1. The zero-order chi connectivity index (χ0) is 25.7. The number of nitrogens with two attached hydrogens (primary N) is 1. The number of esters is 1. The number of hydrogen-bond donors (Lipinski definition) is 1. The second-order valence-corrected chi connectivity index (χ2v) is 10.2. The number of sulfone groups is 1. The molecular formula is C23H32F3N3O4S. The molecule has 0 bridgehead atoms. The Kier molecular flexibility index (Phi) is 9.15. The van der Waals surface area contributed by atoms with Gasteiger partial charge in [0.05, 0.1) is 17.6 Å². The number of amidine groups is 1. The maximum atomic E-state index is 14.0. The number of benzene rings is 1. The number of aliphatic imine (C=N–C) groups is 1. The standard InChI is InChI=1S/C23H32F3N3O4S/c1-5-7-13-29(14-8-6-2)21-18(22(30)33-3)17(19(20(27)28-21)34(4,31)32)15-11-9-10-12-16(15)23(24,25)26/h9-12,17-18H,5-8,13-14,27H2,1-4H3. The fourth-order valence-corrected chi connectivity index (χ4v) is 5.30. The van der Waals surface area contributed by atoms with E-state index in [0.717, 1.165) is 45.1 Å². The van der Waals surface area contributed by atoms with Crippen LogP contribution in [0.3, 0.4) is 0 Å². The number of unbranched alkanes of at least 4 members (excludes halogenated alkanes) is 2. The highest BCUT2D eigenvalue weighted by Crippen LogP contribution is 2.45. The summed E-state index contributed by atoms with van der Waals surface area (Å²) in [5.74, 6) is -4.14. The summed E-state index contributed by atoms with van der Waals surface area (Å²) < 4.78 is 72.4. The summed E-state index contributed by atoms with van der Waals surface area (Å²) in [6, 6.07) is 4.61. The monoisotopic (exact) mass is 503 g/mol. The minimum absolute atomic E-state index is 0.126. The molecule has 0 amide bonds. The van der Waals surface area contributed by atoms with E-state index in [1.54, 1.807) is 0 Å². The lowest BCUT2D eigenvalue weighted by molar-refractivity contribution is -0.145. The van der Waals surface area contributed by atoms with E-state index in [0.29, 0.717) is 13.1 Å². The molecule has 2 rings (SSSR count). The average molecular weight is 504 g/mol. The molecule has 1 aliphatic heterocycles. The van der Waals surface area contributed by atoms with Crippen LogP contribution in [-0.2, 0) is 25.5 Å². The molecular weight excluding hydrogens is 471 g/mol. The van der Waals surface area contributed by atoms with Crippen LogP contribution in [0.25, 0.3) is 0 Å². The van der Waals surface area contributed by atoms with Crippen molar-refractivity contribution >= 4 is 21.6 Å². The topological polar surface area (TPSA) is 102 Å². The minimum atomic E-state index is -4.78. The largest absolute Gasteiger partial charge is 0.468 e. The van der Waals surface area contributed by atoms with Crippen LogP contribution in [0.4, 0.5) is 13.2 Å². The van der Waals surface area contributed by atoms with E-state index < -0.39 is 50.1 Å². The highest BCUT2D eigenvalue weighted by Gasteiger charge is 2.48. The van der Waals surface area contributed by atoms with Crippen LogP contribution in [0.1, 0.15) is 56.6 Å². The molecule has 1 aromatic carbocycles. The van der Waals surface area contributed by atoms with Crippen molar-refractivity contribution in [1.29, 1.82) is 0 Å². The van der Waals surface area contributed by atoms with Gasteiger partial charge in [-0.2, -0.15) is 13.2 Å². The number of alkyl halides is 3. The molecule has 0 radical (unpaired) electrons. The quantitative estimate of drug-likeness (QED) is 0.510. The van der Waals surface area contributed by atoms with Gasteiger partial charge in [0, 0.05) is 25.3 Å². The molecule has 11 heteroatoms. The van der Waals surface area contributed by atoms with E-state index >= 15 is 0 Å². The number of nitrogens with zero attached hydrogens (tertiary/aromatic N) is 2. The molecule has 0 fully saturated rings. The van der Waals surface area contributed by atoms with Gasteiger partial charge in [-0.1, -0.05) is 44.9 Å². The van der Waals surface area contributed by atoms with Gasteiger partial charge in [-0.15, -0.1) is 0 Å². The first kappa shape index (κ1) is 27.7. The molecule has 34 heavy (non-hydrogen) atoms. The van der Waals surface area contributed by atoms with E-state index in [2.05, 4.69) is 4.99 Å². The Hall–Kier alpha value is -2.56. The van der Waals surface area contributed by atoms with E-state index in [9.17, 15) is 26.4 Å². The van der Waals surface area contributed by atoms with Gasteiger partial charge < -0.3 is 15.4 Å². The molecule has 0 aromatic heterocycles. The molecule has 190 valence electrons. The number of halogens is 3. The fraction of sp³-hybridized carbons (Fsp3) is 0.565. The van der Waals surface area contributed by atoms with Crippen LogP contribution in [0.2, 0.25) is 0 Å². The second kappa shape index (κ2) is 11.2. The number of rotatable bonds is 9. The molecule has 7 nitrogen and oxygen atoms in total. The lowest BCUT2D eigenvalue weighted by Crippen LogP contribution is -2.47. The Morgan fingerprint density at radius 1 is 1.15 bits per heavy atom. The number of allylic oxidation sites excluding steroid dienone is 1. The van der Waals surface area contributed by atoms with Crippen LogP contribution in [0.5, 0.6) is 0 Å². The first-order valence-electron chi connectivity index (χ1n) is 11.2. The Labute approximate surface area is 198 Å². The van der Waals surface area contributed by atoms with Crippen LogP contribution in [-0.4, -0.2) is 51.6 Å². The fourth-order valence-electron chi connectivity index (χ4n) is 4.15. The summed E-state index contributed by atoms with van der Waals surface area (Å²) in [7, 11) is -3.03. The summed E-state index contributed by atoms with van der Waals surface area (Å²) in [6.45, 7) is 4.93. The van der Waals surface area contributed by atoms with Crippen LogP contribution in [0, 0.1) is 5.92 Å². The third-order valence-electron chi connectivity index (χ3n) is 5.72. The molecule has 0 saturated heterocycles. The van der Waals surface area contributed by atoms with Gasteiger partial charge in [-0.05, 0) is 24.5 Å². The lowest BCUT2D eigenvalue weighted by atomic mass is 9.80. The van der Waals surface area contributed by atoms with Gasteiger partial charge in [0.2, 0.25) is 0 Å². The molecule has 0 saturated carbocycles. The van der Waals surface area contributed by atoms with Crippen molar-refractivity contribution in [2.45, 2.75) is 51.6 Å². The molecule has 2 atom stereocenters. The molecule has 0 aliphatic carbocycles. The summed E-state index contributed by atoms with van der Waals surface area (Å²) in [4.78, 5) is 18.7. The molecule has 2 N–H and O–H groups in total. The van der Waals surface area contributed by atoms with Crippen molar-refractivity contribution in [2.75, 3.05) is 26.5 Å². The minimum Gasteiger partial charge on any atom is -0.468 e. The number of methoxy groups -OCH3 is 1. The first-order chi connectivity index (χ1) is 15.9. The van der Waals surface area contributed by atoms with Crippen molar-refractivity contribution < 1.29 is 31.1 Å². The molecule has 0 spiro atoms. The number of carbonyl (C=O) groups excluding carboxylic acids is 1. The van der Waals surface area contributed by atoms with Gasteiger partial charge in [0.1, 0.15) is 17.6 Å². The normalized spacial score (nSPS) is 19.1. The van der Waals surface area contributed by atoms with Gasteiger partial charge in [-0.3, -0.25) is 4.79 Å². The lowest BCUT2D eigenvalue weighted by Gasteiger charge is -2.38. The van der Waals surface area contributed by atoms with Crippen molar-refractivity contribution in [1.82, 2.24) is 4.90 Å². The summed E-state index contributed by atoms with van der Waals surface area (Å²) in [5, 5.41) is 0. The SMILES string of the molecule is CCCCN(CCCC)C1=NC(N)=C(S(C)(=O)=O)C(c2ccccc2C(F)(F)F)C1C(=O)OC. The van der Waals surface area contributed by atoms with Gasteiger partial charge in [0.15, 0.2) is 9.84 Å². The first-order valence-corrected chi connectivity index (χ1v) is 13.0. The van der Waals surface area contributed by atoms with Crippen LogP contribution in [0.15, 0.2) is 40.0 Å². The highest BCUT2D eigenvalue weighted by molar-refractivity contribution is 7.94. The Balaban J connectivity index is 2.89. The predicted molar refractivity (Wildman–Crippen MR) is 125 cm³/mol. The Morgan fingerprint density at radius 2 is 1.71 bits per heavy atom. The highest BCUT2D eigenvalue weighted by atomic mass is 32.2. The van der Waals surface area contributed by atoms with Gasteiger partial charge in [0.25, 0.3) is 0 Å². The second-order valence-electron chi connectivity index (χ2n) is 8.25. The molecule has 1 heterocycles. The summed E-state index contributed by atoms with van der Waals surface area (Å²) in [6.07, 6.45) is -0.795. The maximum Gasteiger partial charge on any atom is 0.416 e. The van der Waals surface area contributed by atoms with Crippen molar-refractivity contribution in [3.63, 3.8) is 0 Å². The average Bonchev–Trinajstić information content (AvgIpc) is 2.76. The number of ether oxygens (including phenoxy) is 1. The molecule has 1 aliphatic rings. The van der Waals surface area contributed by atoms with Crippen LogP contribution >= 0.6 is 0 Å². The molecule has 1 aromatic rings. The van der Waals surface area contributed by atoms with Gasteiger partial charge in [-0.25, -0.2) is 13.4 Å². The Morgan fingerprint density at radius 3 is 2.18 bits per heavy atom. The van der Waals surface area contributed by atoms with Crippen molar-refractivity contribution in [2.24, 2.45) is 16.6 Å². The van der Waals surface area contributed by atoms with Gasteiger partial charge >= 0.3 is 12.1 Å². The zero-order valence-electron chi connectivity index (χ0n) is 19.9. The van der Waals surface area contributed by atoms with E-state index in [1.807, 2.05) is 18.7 Å². The summed E-state index contributed by atoms with van der Waals surface area (Å²) >= 11 is 0. The molecule has 2 unspecified atom stereocenters. The van der Waals surface area contributed by atoms with Crippen LogP contribution < -0.4 is 5.73 Å². The van der Waals surface area contributed by atoms with Crippen molar-refractivity contribution in [3.05, 3.63) is 46.1 Å². The summed E-state index contributed by atoms with van der Waals surface area (Å²) in [5.41, 5.74) is 4.68. The van der Waals surface area contributed by atoms with Crippen molar-refractivity contribution in [3.8, 4) is 0 Å². The zero-order valence-corrected chi connectivity index (χ0v) is 20.7. The Bertz CT molecular complexity index is 1040. The van der Waals surface area contributed by atoms with E-state index in [1.165, 1.54) is 18.2 Å². The number of hydrogen-bond acceptors (Lipinski definition) is 7. The van der Waals surface area contributed by atoms with E-state index in [4.69, 9.17) is 10.5 Å². The van der Waals surface area contributed by atoms with E-state index in [-0.39, 0.29) is 11.4 Å². The smallest absolute Gasteiger partial charge is 0.416 e. The third kappa shape index (κ3) is 6.11. The maximum absolute atomic E-state index is 14.0. The predicted octanol–water partition coefficient (Wildman–Crippen LogP) is 4.06. The third-order valence-corrected chi connectivity index (χ3v) is 6.99.